The molecule has 0 aliphatic carbocycles. The monoisotopic (exact) mass is 383 g/mol. The Balaban J connectivity index is 1.77. The Labute approximate surface area is 158 Å². The number of nitrogens with one attached hydrogen (secondary N) is 1. The van der Waals surface area contributed by atoms with Gasteiger partial charge in [0.1, 0.15) is 0 Å². The van der Waals surface area contributed by atoms with Gasteiger partial charge in [0.05, 0.1) is 34.1 Å². The van der Waals surface area contributed by atoms with Gasteiger partial charge in [-0.3, -0.25) is 4.79 Å². The molecular weight excluding hydrogens is 362 g/mol. The molecule has 1 atom stereocenters. The third-order valence-corrected chi connectivity index (χ3v) is 5.54. The van der Waals surface area contributed by atoms with E-state index in [0.29, 0.717) is 5.56 Å². The maximum atomic E-state index is 12.7. The molecule has 0 unspecified atom stereocenters. The minimum Gasteiger partial charge on any atom is -0.345 e. The van der Waals surface area contributed by atoms with Crippen molar-refractivity contribution in [3.8, 4) is 5.69 Å². The van der Waals surface area contributed by atoms with Gasteiger partial charge in [-0.1, -0.05) is 30.3 Å². The van der Waals surface area contributed by atoms with Crippen molar-refractivity contribution in [2.24, 2.45) is 0 Å². The Morgan fingerprint density at radius 1 is 1.07 bits per heavy atom. The first-order valence-corrected chi connectivity index (χ1v) is 10.4. The van der Waals surface area contributed by atoms with Gasteiger partial charge in [-0.15, -0.1) is 0 Å². The average Bonchev–Trinajstić information content (AvgIpc) is 3.03. The number of aromatic nitrogens is 2. The van der Waals surface area contributed by atoms with E-state index < -0.39 is 9.84 Å². The SMILES string of the molecule is Cc1c(C(=O)N[C@H](C)c2ccc(S(C)(=O)=O)cc2)cnn1-c1ccccc1. The number of rotatable bonds is 5. The standard InChI is InChI=1S/C20H21N3O3S/c1-14(16-9-11-18(12-10-16)27(3,25)26)22-20(24)19-13-21-23(15(19)2)17-7-5-4-6-8-17/h4-14H,1-3H3,(H,22,24)/t14-/m1/s1. The van der Waals surface area contributed by atoms with Gasteiger partial charge in [0.15, 0.2) is 9.84 Å². The molecule has 3 rings (SSSR count). The number of amides is 1. The zero-order chi connectivity index (χ0) is 19.6. The molecule has 0 spiro atoms. The summed E-state index contributed by atoms with van der Waals surface area (Å²) in [5.74, 6) is -0.227. The number of hydrogen-bond acceptors (Lipinski definition) is 4. The van der Waals surface area contributed by atoms with Gasteiger partial charge in [-0.25, -0.2) is 13.1 Å². The zero-order valence-electron chi connectivity index (χ0n) is 15.4. The topological polar surface area (TPSA) is 81.1 Å². The normalized spacial score (nSPS) is 12.6. The molecule has 1 aromatic heterocycles. The summed E-state index contributed by atoms with van der Waals surface area (Å²) in [6.45, 7) is 3.70. The van der Waals surface area contributed by atoms with Crippen LogP contribution in [0.15, 0.2) is 65.7 Å². The van der Waals surface area contributed by atoms with Crippen molar-refractivity contribution in [2.75, 3.05) is 6.26 Å². The summed E-state index contributed by atoms with van der Waals surface area (Å²) < 4.78 is 24.8. The van der Waals surface area contributed by atoms with Crippen molar-refractivity contribution in [3.63, 3.8) is 0 Å². The fraction of sp³-hybridized carbons (Fsp3) is 0.200. The van der Waals surface area contributed by atoms with Crippen molar-refractivity contribution in [3.05, 3.63) is 77.6 Å². The van der Waals surface area contributed by atoms with E-state index in [9.17, 15) is 13.2 Å². The lowest BCUT2D eigenvalue weighted by Crippen LogP contribution is -2.27. The van der Waals surface area contributed by atoms with Crippen molar-refractivity contribution >= 4 is 15.7 Å². The molecule has 1 N–H and O–H groups in total. The van der Waals surface area contributed by atoms with Crippen LogP contribution < -0.4 is 5.32 Å². The second-order valence-electron chi connectivity index (χ2n) is 6.43. The minimum atomic E-state index is -3.24. The van der Waals surface area contributed by atoms with Gasteiger partial charge in [-0.05, 0) is 43.7 Å². The quantitative estimate of drug-likeness (QED) is 0.734. The van der Waals surface area contributed by atoms with Crippen LogP contribution in [0.5, 0.6) is 0 Å². The summed E-state index contributed by atoms with van der Waals surface area (Å²) >= 11 is 0. The van der Waals surface area contributed by atoms with E-state index in [4.69, 9.17) is 0 Å². The van der Waals surface area contributed by atoms with Crippen LogP contribution in [0.25, 0.3) is 5.69 Å². The van der Waals surface area contributed by atoms with Crippen LogP contribution in [0, 0.1) is 6.92 Å². The molecule has 0 bridgehead atoms. The van der Waals surface area contributed by atoms with E-state index in [1.807, 2.05) is 44.2 Å². The van der Waals surface area contributed by atoms with Crippen molar-refractivity contribution in [1.82, 2.24) is 15.1 Å². The van der Waals surface area contributed by atoms with Gasteiger partial charge in [0.25, 0.3) is 5.91 Å². The van der Waals surface area contributed by atoms with Crippen molar-refractivity contribution in [1.29, 1.82) is 0 Å². The van der Waals surface area contributed by atoms with Crippen molar-refractivity contribution < 1.29 is 13.2 Å². The van der Waals surface area contributed by atoms with Gasteiger partial charge in [0, 0.05) is 6.26 Å². The first-order chi connectivity index (χ1) is 12.8. The Bertz CT molecular complexity index is 1060. The van der Waals surface area contributed by atoms with Gasteiger partial charge >= 0.3 is 0 Å². The van der Waals surface area contributed by atoms with E-state index >= 15 is 0 Å². The highest BCUT2D eigenvalue weighted by molar-refractivity contribution is 7.90. The number of hydrogen-bond donors (Lipinski definition) is 1. The zero-order valence-corrected chi connectivity index (χ0v) is 16.2. The Morgan fingerprint density at radius 3 is 2.30 bits per heavy atom. The lowest BCUT2D eigenvalue weighted by molar-refractivity contribution is 0.0939. The van der Waals surface area contributed by atoms with Crippen LogP contribution >= 0.6 is 0 Å². The lowest BCUT2D eigenvalue weighted by atomic mass is 10.1. The summed E-state index contributed by atoms with van der Waals surface area (Å²) in [5.41, 5.74) is 2.96. The summed E-state index contributed by atoms with van der Waals surface area (Å²) in [5, 5.41) is 7.25. The molecule has 27 heavy (non-hydrogen) atoms. The predicted octanol–water partition coefficient (Wildman–Crippen LogP) is 3.08. The second-order valence-corrected chi connectivity index (χ2v) is 8.44. The molecule has 2 aromatic carbocycles. The van der Waals surface area contributed by atoms with E-state index in [0.717, 1.165) is 16.9 Å². The molecule has 0 radical (unpaired) electrons. The first-order valence-electron chi connectivity index (χ1n) is 8.48. The average molecular weight is 383 g/mol. The fourth-order valence-corrected chi connectivity index (χ4v) is 3.45. The third-order valence-electron chi connectivity index (χ3n) is 4.41. The number of carbonyl (C=O) groups excluding carboxylic acids is 1. The molecule has 1 heterocycles. The number of sulfone groups is 1. The molecular formula is C20H21N3O3S. The molecule has 0 fully saturated rings. The maximum Gasteiger partial charge on any atom is 0.255 e. The number of nitrogens with zero attached hydrogens (tertiary/aromatic N) is 2. The number of benzene rings is 2. The molecule has 7 heteroatoms. The van der Waals surface area contributed by atoms with Gasteiger partial charge in [0.2, 0.25) is 0 Å². The van der Waals surface area contributed by atoms with E-state index in [1.165, 1.54) is 6.26 Å². The number of para-hydroxylation sites is 1. The molecule has 3 aromatic rings. The smallest absolute Gasteiger partial charge is 0.255 e. The first kappa shape index (κ1) is 18.8. The highest BCUT2D eigenvalue weighted by Crippen LogP contribution is 2.18. The molecule has 6 nitrogen and oxygen atoms in total. The van der Waals surface area contributed by atoms with E-state index in [-0.39, 0.29) is 16.8 Å². The Morgan fingerprint density at radius 2 is 1.70 bits per heavy atom. The predicted molar refractivity (Wildman–Crippen MR) is 104 cm³/mol. The summed E-state index contributed by atoms with van der Waals surface area (Å²) in [4.78, 5) is 12.9. The molecule has 0 aliphatic heterocycles. The van der Waals surface area contributed by atoms with E-state index in [1.54, 1.807) is 35.1 Å². The summed E-state index contributed by atoms with van der Waals surface area (Å²) in [6.07, 6.45) is 2.72. The second kappa shape index (κ2) is 7.36. The largest absolute Gasteiger partial charge is 0.345 e. The van der Waals surface area contributed by atoms with Gasteiger partial charge in [-0.2, -0.15) is 5.10 Å². The van der Waals surface area contributed by atoms with Crippen LogP contribution in [0.4, 0.5) is 0 Å². The molecule has 0 aliphatic rings. The van der Waals surface area contributed by atoms with Crippen LogP contribution in [0.3, 0.4) is 0 Å². The fourth-order valence-electron chi connectivity index (χ4n) is 2.82. The van der Waals surface area contributed by atoms with Crippen LogP contribution in [-0.2, 0) is 9.84 Å². The molecule has 140 valence electrons. The lowest BCUT2D eigenvalue weighted by Gasteiger charge is -2.15. The van der Waals surface area contributed by atoms with Gasteiger partial charge < -0.3 is 5.32 Å². The van der Waals surface area contributed by atoms with Crippen LogP contribution in [-0.4, -0.2) is 30.4 Å². The van der Waals surface area contributed by atoms with Crippen LogP contribution in [0.2, 0.25) is 0 Å². The molecule has 0 saturated heterocycles. The van der Waals surface area contributed by atoms with Crippen molar-refractivity contribution in [2.45, 2.75) is 24.8 Å². The molecule has 0 saturated carbocycles. The Hall–Kier alpha value is -2.93. The molecule has 1 amide bonds. The van der Waals surface area contributed by atoms with Crippen LogP contribution in [0.1, 0.15) is 34.6 Å². The summed E-state index contributed by atoms with van der Waals surface area (Å²) in [6, 6.07) is 15.8. The summed E-state index contributed by atoms with van der Waals surface area (Å²) in [7, 11) is -3.24. The highest BCUT2D eigenvalue weighted by atomic mass is 32.2. The van der Waals surface area contributed by atoms with E-state index in [2.05, 4.69) is 10.4 Å². The highest BCUT2D eigenvalue weighted by Gasteiger charge is 2.18. The number of carbonyl (C=O) groups is 1. The minimum absolute atomic E-state index is 0.227. The third kappa shape index (κ3) is 4.09. The maximum absolute atomic E-state index is 12.7. The Kier molecular flexibility index (Phi) is 5.14.